The Morgan fingerprint density at radius 3 is 3.04 bits per heavy atom. The molecule has 1 aliphatic rings. The first-order chi connectivity index (χ1) is 11.2. The minimum Gasteiger partial charge on any atom is -0.394 e. The summed E-state index contributed by atoms with van der Waals surface area (Å²) in [6, 6.07) is 5.89. The van der Waals surface area contributed by atoms with E-state index in [9.17, 15) is 4.79 Å². The fraction of sp³-hybridized carbons (Fsp3) is 0.529. The van der Waals surface area contributed by atoms with Crippen molar-refractivity contribution in [3.63, 3.8) is 0 Å². The first-order valence-electron chi connectivity index (χ1n) is 8.18. The molecule has 0 bridgehead atoms. The van der Waals surface area contributed by atoms with Crippen LogP contribution in [-0.2, 0) is 20.1 Å². The van der Waals surface area contributed by atoms with Crippen LogP contribution in [0.2, 0.25) is 0 Å². The number of hydrogen-bond acceptors (Lipinski definition) is 4. The number of aromatic nitrogens is 3. The molecule has 1 N–H and O–H groups in total. The second kappa shape index (κ2) is 7.10. The zero-order chi connectivity index (χ0) is 16.2. The molecule has 2 aromatic rings. The Balaban J connectivity index is 1.68. The average molecular weight is 316 g/mol. The van der Waals surface area contributed by atoms with E-state index in [1.165, 1.54) is 0 Å². The molecule has 1 aliphatic heterocycles. The lowest BCUT2D eigenvalue weighted by molar-refractivity contribution is 0.196. The standard InChI is InChI=1S/C17H24N4O2/c1-19-7-2-5-15(17(19)23)13-20-8-3-4-14(12-20)16-6-9-21(18-16)10-11-22/h2,5-7,9,14,22H,3-4,8,10-13H2,1H3/t14-/m0/s1. The molecule has 0 saturated carbocycles. The summed E-state index contributed by atoms with van der Waals surface area (Å²) >= 11 is 0. The van der Waals surface area contributed by atoms with Gasteiger partial charge in [0.2, 0.25) is 0 Å². The van der Waals surface area contributed by atoms with Crippen molar-refractivity contribution in [2.45, 2.75) is 31.8 Å². The molecular formula is C17H24N4O2. The summed E-state index contributed by atoms with van der Waals surface area (Å²) < 4.78 is 3.43. The van der Waals surface area contributed by atoms with Gasteiger partial charge in [-0.1, -0.05) is 6.07 Å². The number of nitrogens with zero attached hydrogens (tertiary/aromatic N) is 4. The number of rotatable bonds is 5. The van der Waals surface area contributed by atoms with Gasteiger partial charge < -0.3 is 9.67 Å². The van der Waals surface area contributed by atoms with E-state index in [1.807, 2.05) is 24.4 Å². The van der Waals surface area contributed by atoms with Crippen molar-refractivity contribution in [2.24, 2.45) is 7.05 Å². The van der Waals surface area contributed by atoms with Crippen LogP contribution in [0.25, 0.3) is 0 Å². The van der Waals surface area contributed by atoms with Crippen molar-refractivity contribution < 1.29 is 5.11 Å². The van der Waals surface area contributed by atoms with Gasteiger partial charge in [-0.15, -0.1) is 0 Å². The van der Waals surface area contributed by atoms with Crippen molar-refractivity contribution in [1.82, 2.24) is 19.2 Å². The molecule has 0 unspecified atom stereocenters. The Bertz CT molecular complexity index is 707. The summed E-state index contributed by atoms with van der Waals surface area (Å²) in [6.45, 7) is 3.28. The van der Waals surface area contributed by atoms with Crippen LogP contribution in [0.5, 0.6) is 0 Å². The molecule has 0 spiro atoms. The van der Waals surface area contributed by atoms with E-state index in [1.54, 1.807) is 22.5 Å². The van der Waals surface area contributed by atoms with Crippen LogP contribution < -0.4 is 5.56 Å². The average Bonchev–Trinajstić information content (AvgIpc) is 3.01. The highest BCUT2D eigenvalue weighted by Gasteiger charge is 2.23. The van der Waals surface area contributed by atoms with E-state index in [2.05, 4.69) is 10.00 Å². The van der Waals surface area contributed by atoms with Gasteiger partial charge in [0.1, 0.15) is 0 Å². The number of hydrogen-bond donors (Lipinski definition) is 1. The van der Waals surface area contributed by atoms with Gasteiger partial charge >= 0.3 is 0 Å². The molecule has 2 aromatic heterocycles. The molecule has 3 heterocycles. The highest BCUT2D eigenvalue weighted by molar-refractivity contribution is 5.12. The van der Waals surface area contributed by atoms with Gasteiger partial charge in [0.25, 0.3) is 5.56 Å². The second-order valence-corrected chi connectivity index (χ2v) is 6.25. The quantitative estimate of drug-likeness (QED) is 0.892. The normalized spacial score (nSPS) is 19.1. The zero-order valence-corrected chi connectivity index (χ0v) is 13.6. The maximum absolute atomic E-state index is 12.2. The summed E-state index contributed by atoms with van der Waals surface area (Å²) in [6.07, 6.45) is 5.96. The van der Waals surface area contributed by atoms with E-state index in [-0.39, 0.29) is 12.2 Å². The third kappa shape index (κ3) is 3.71. The first kappa shape index (κ1) is 16.0. The molecule has 0 radical (unpaired) electrons. The van der Waals surface area contributed by atoms with Crippen LogP contribution in [0.1, 0.15) is 30.0 Å². The van der Waals surface area contributed by atoms with Crippen molar-refractivity contribution in [1.29, 1.82) is 0 Å². The zero-order valence-electron chi connectivity index (χ0n) is 13.6. The molecule has 0 amide bonds. The fourth-order valence-corrected chi connectivity index (χ4v) is 3.28. The van der Waals surface area contributed by atoms with E-state index in [0.29, 0.717) is 19.0 Å². The smallest absolute Gasteiger partial charge is 0.254 e. The Morgan fingerprint density at radius 2 is 2.22 bits per heavy atom. The molecule has 6 nitrogen and oxygen atoms in total. The monoisotopic (exact) mass is 316 g/mol. The van der Waals surface area contributed by atoms with Gasteiger partial charge in [-0.2, -0.15) is 5.10 Å². The van der Waals surface area contributed by atoms with Crippen molar-refractivity contribution >= 4 is 0 Å². The van der Waals surface area contributed by atoms with E-state index < -0.39 is 0 Å². The predicted octanol–water partition coefficient (Wildman–Crippen LogP) is 0.954. The van der Waals surface area contributed by atoms with Gasteiger partial charge in [0.05, 0.1) is 18.8 Å². The number of piperidine rings is 1. The number of pyridine rings is 1. The van der Waals surface area contributed by atoms with Gasteiger partial charge in [-0.3, -0.25) is 14.4 Å². The van der Waals surface area contributed by atoms with Crippen LogP contribution >= 0.6 is 0 Å². The molecule has 3 rings (SSSR count). The Labute approximate surface area is 136 Å². The predicted molar refractivity (Wildman–Crippen MR) is 88.2 cm³/mol. The molecular weight excluding hydrogens is 292 g/mol. The number of aliphatic hydroxyl groups is 1. The highest BCUT2D eigenvalue weighted by Crippen LogP contribution is 2.26. The van der Waals surface area contributed by atoms with E-state index in [4.69, 9.17) is 5.11 Å². The summed E-state index contributed by atoms with van der Waals surface area (Å²) in [5.41, 5.74) is 2.02. The number of aliphatic hydroxyl groups excluding tert-OH is 1. The summed E-state index contributed by atoms with van der Waals surface area (Å²) in [5, 5.41) is 13.6. The summed E-state index contributed by atoms with van der Waals surface area (Å²) in [4.78, 5) is 14.5. The highest BCUT2D eigenvalue weighted by atomic mass is 16.3. The second-order valence-electron chi connectivity index (χ2n) is 6.25. The van der Waals surface area contributed by atoms with Crippen molar-refractivity contribution in [3.8, 4) is 0 Å². The van der Waals surface area contributed by atoms with Crippen LogP contribution in [0.3, 0.4) is 0 Å². The minimum atomic E-state index is 0.0850. The number of aryl methyl sites for hydroxylation is 1. The van der Waals surface area contributed by atoms with Gasteiger partial charge in [0, 0.05) is 44.0 Å². The largest absolute Gasteiger partial charge is 0.394 e. The fourth-order valence-electron chi connectivity index (χ4n) is 3.28. The Kier molecular flexibility index (Phi) is 4.93. The molecule has 124 valence electrons. The van der Waals surface area contributed by atoms with Crippen LogP contribution in [0.15, 0.2) is 35.4 Å². The molecule has 0 aromatic carbocycles. The van der Waals surface area contributed by atoms with Gasteiger partial charge in [0.15, 0.2) is 0 Å². The maximum Gasteiger partial charge on any atom is 0.254 e. The Morgan fingerprint density at radius 1 is 1.35 bits per heavy atom. The third-order valence-electron chi connectivity index (χ3n) is 4.51. The summed E-state index contributed by atoms with van der Waals surface area (Å²) in [7, 11) is 1.79. The lowest BCUT2D eigenvalue weighted by atomic mass is 9.94. The third-order valence-corrected chi connectivity index (χ3v) is 4.51. The van der Waals surface area contributed by atoms with Gasteiger partial charge in [-0.05, 0) is 31.5 Å². The van der Waals surface area contributed by atoms with Crippen LogP contribution in [-0.4, -0.2) is 44.1 Å². The van der Waals surface area contributed by atoms with Gasteiger partial charge in [-0.25, -0.2) is 0 Å². The van der Waals surface area contributed by atoms with E-state index >= 15 is 0 Å². The lowest BCUT2D eigenvalue weighted by Gasteiger charge is -2.31. The summed E-state index contributed by atoms with van der Waals surface area (Å²) in [5.74, 6) is 0.399. The number of likely N-dealkylation sites (tertiary alicyclic amines) is 1. The van der Waals surface area contributed by atoms with Crippen molar-refractivity contribution in [3.05, 3.63) is 52.2 Å². The molecule has 1 atom stereocenters. The minimum absolute atomic E-state index is 0.0850. The topological polar surface area (TPSA) is 63.3 Å². The molecule has 0 aliphatic carbocycles. The first-order valence-corrected chi connectivity index (χ1v) is 8.18. The van der Waals surface area contributed by atoms with Crippen molar-refractivity contribution in [2.75, 3.05) is 19.7 Å². The molecule has 1 fully saturated rings. The lowest BCUT2D eigenvalue weighted by Crippen LogP contribution is -2.36. The molecule has 23 heavy (non-hydrogen) atoms. The SMILES string of the molecule is Cn1cccc(CN2CCC[C@H](c3ccn(CCO)n3)C2)c1=O. The Hall–Kier alpha value is -1.92. The van der Waals surface area contributed by atoms with Crippen LogP contribution in [0, 0.1) is 0 Å². The molecule has 1 saturated heterocycles. The molecule has 6 heteroatoms. The maximum atomic E-state index is 12.2. The van der Waals surface area contributed by atoms with E-state index in [0.717, 1.165) is 37.2 Å². The van der Waals surface area contributed by atoms with Crippen LogP contribution in [0.4, 0.5) is 0 Å².